The van der Waals surface area contributed by atoms with E-state index in [1.807, 2.05) is 0 Å². The first-order chi connectivity index (χ1) is 12.8. The Labute approximate surface area is 156 Å². The molecule has 2 aromatic rings. The van der Waals surface area contributed by atoms with E-state index in [0.29, 0.717) is 10.2 Å². The van der Waals surface area contributed by atoms with Crippen molar-refractivity contribution >= 4 is 21.9 Å². The van der Waals surface area contributed by atoms with Gasteiger partial charge < -0.3 is 14.5 Å². The van der Waals surface area contributed by atoms with Crippen molar-refractivity contribution in [3.63, 3.8) is 0 Å². The molecular weight excluding hydrogens is 376 g/mol. The number of carbonyl (C=O) groups excluding carboxylic acids is 2. The van der Waals surface area contributed by atoms with Crippen LogP contribution in [0, 0.1) is 0 Å². The number of carbonyl (C=O) groups is 2. The summed E-state index contributed by atoms with van der Waals surface area (Å²) in [5.41, 5.74) is -0.00698. The van der Waals surface area contributed by atoms with Crippen molar-refractivity contribution in [2.75, 3.05) is 20.8 Å². The molecule has 0 spiro atoms. The third-order valence-corrected chi connectivity index (χ3v) is 5.32. The van der Waals surface area contributed by atoms with E-state index in [4.69, 9.17) is 9.15 Å². The average Bonchev–Trinajstić information content (AvgIpc) is 3.20. The highest BCUT2D eigenvalue weighted by atomic mass is 32.2. The third kappa shape index (κ3) is 5.16. The molecule has 0 radical (unpaired) electrons. The molecule has 10 heteroatoms. The van der Waals surface area contributed by atoms with Crippen molar-refractivity contribution in [2.45, 2.75) is 17.9 Å². The zero-order valence-electron chi connectivity index (χ0n) is 15.0. The topological polar surface area (TPSA) is 115 Å². The minimum atomic E-state index is -3.90. The fourth-order valence-corrected chi connectivity index (χ4v) is 3.16. The molecule has 146 valence electrons. The first-order valence-electron chi connectivity index (χ1n) is 7.88. The second-order valence-electron chi connectivity index (χ2n) is 5.51. The minimum Gasteiger partial charge on any atom is -0.467 e. The van der Waals surface area contributed by atoms with Crippen LogP contribution in [-0.2, 0) is 24.4 Å². The Kier molecular flexibility index (Phi) is 6.72. The predicted molar refractivity (Wildman–Crippen MR) is 93.9 cm³/mol. The number of benzene rings is 1. The molecular formula is C17H20N2O7S. The molecule has 1 heterocycles. The average molecular weight is 396 g/mol. The van der Waals surface area contributed by atoms with Gasteiger partial charge in [0.2, 0.25) is 0 Å². The fraction of sp³-hybridized carbons (Fsp3) is 0.294. The molecule has 0 aliphatic heterocycles. The standard InChI is InChI=1S/C17H20N2O7S/c1-12(15-8-5-9-25-15)18-16(20)11-26-17(21)13-6-4-7-14(10-13)27(22,23)19(2)24-3/h4-10,12H,11H2,1-3H3,(H,18,20). The molecule has 1 unspecified atom stereocenters. The SMILES string of the molecule is CON(C)S(=O)(=O)c1cccc(C(=O)OCC(=O)NC(C)c2ccco2)c1. The van der Waals surface area contributed by atoms with Crippen LogP contribution in [0.25, 0.3) is 0 Å². The molecule has 1 atom stereocenters. The number of ether oxygens (including phenoxy) is 1. The van der Waals surface area contributed by atoms with Crippen LogP contribution in [0.2, 0.25) is 0 Å². The highest BCUT2D eigenvalue weighted by Crippen LogP contribution is 2.17. The molecule has 0 saturated carbocycles. The number of nitrogens with zero attached hydrogens (tertiary/aromatic N) is 1. The van der Waals surface area contributed by atoms with E-state index in [1.54, 1.807) is 19.1 Å². The van der Waals surface area contributed by atoms with Gasteiger partial charge in [0.25, 0.3) is 15.9 Å². The summed E-state index contributed by atoms with van der Waals surface area (Å²) in [5.74, 6) is -0.780. The maximum Gasteiger partial charge on any atom is 0.338 e. The van der Waals surface area contributed by atoms with Gasteiger partial charge in [0.1, 0.15) is 5.76 Å². The van der Waals surface area contributed by atoms with Gasteiger partial charge in [-0.05, 0) is 37.3 Å². The van der Waals surface area contributed by atoms with Crippen molar-refractivity contribution in [3.05, 3.63) is 54.0 Å². The third-order valence-electron chi connectivity index (χ3n) is 3.65. The highest BCUT2D eigenvalue weighted by Gasteiger charge is 2.22. The van der Waals surface area contributed by atoms with E-state index >= 15 is 0 Å². The number of esters is 1. The van der Waals surface area contributed by atoms with Gasteiger partial charge in [0.05, 0.1) is 29.9 Å². The van der Waals surface area contributed by atoms with Crippen LogP contribution >= 0.6 is 0 Å². The van der Waals surface area contributed by atoms with Crippen LogP contribution < -0.4 is 5.32 Å². The largest absolute Gasteiger partial charge is 0.467 e. The van der Waals surface area contributed by atoms with Crippen LogP contribution in [-0.4, -0.2) is 45.5 Å². The van der Waals surface area contributed by atoms with Crippen LogP contribution in [0.4, 0.5) is 0 Å². The Balaban J connectivity index is 1.98. The van der Waals surface area contributed by atoms with Crippen molar-refractivity contribution in [3.8, 4) is 0 Å². The molecule has 27 heavy (non-hydrogen) atoms. The Bertz CT molecular complexity index is 894. The summed E-state index contributed by atoms with van der Waals surface area (Å²) < 4.78 is 35.2. The smallest absolute Gasteiger partial charge is 0.338 e. The maximum atomic E-state index is 12.2. The van der Waals surface area contributed by atoms with Crippen molar-refractivity contribution < 1.29 is 32.0 Å². The van der Waals surface area contributed by atoms with Crippen LogP contribution in [0.5, 0.6) is 0 Å². The Hall–Kier alpha value is -2.69. The lowest BCUT2D eigenvalue weighted by atomic mass is 10.2. The minimum absolute atomic E-state index is 0.00698. The first kappa shape index (κ1) is 20.6. The maximum absolute atomic E-state index is 12.2. The zero-order chi connectivity index (χ0) is 20.0. The number of furan rings is 1. The normalized spacial score (nSPS) is 12.6. The van der Waals surface area contributed by atoms with E-state index in [2.05, 4.69) is 10.2 Å². The number of nitrogens with one attached hydrogen (secondary N) is 1. The Morgan fingerprint density at radius 2 is 2.00 bits per heavy atom. The molecule has 1 aromatic carbocycles. The lowest BCUT2D eigenvalue weighted by Gasteiger charge is -2.14. The molecule has 0 bridgehead atoms. The number of hydroxylamine groups is 1. The molecule has 1 amide bonds. The van der Waals surface area contributed by atoms with Crippen LogP contribution in [0.15, 0.2) is 52.0 Å². The number of amides is 1. The van der Waals surface area contributed by atoms with E-state index in [-0.39, 0.29) is 16.5 Å². The summed E-state index contributed by atoms with van der Waals surface area (Å²) in [5, 5.41) is 2.62. The summed E-state index contributed by atoms with van der Waals surface area (Å²) in [6.45, 7) is 1.21. The summed E-state index contributed by atoms with van der Waals surface area (Å²) in [6.07, 6.45) is 1.49. The quantitative estimate of drug-likeness (QED) is 0.531. The molecule has 1 N–H and O–H groups in total. The lowest BCUT2D eigenvalue weighted by Crippen LogP contribution is -2.31. The number of hydrogen-bond donors (Lipinski definition) is 1. The Morgan fingerprint density at radius 1 is 1.26 bits per heavy atom. The fourth-order valence-electron chi connectivity index (χ4n) is 2.14. The van der Waals surface area contributed by atoms with E-state index < -0.39 is 28.5 Å². The molecule has 0 saturated heterocycles. The molecule has 0 aliphatic rings. The van der Waals surface area contributed by atoms with Gasteiger partial charge in [-0.2, -0.15) is 0 Å². The van der Waals surface area contributed by atoms with Crippen LogP contribution in [0.3, 0.4) is 0 Å². The van der Waals surface area contributed by atoms with E-state index in [9.17, 15) is 18.0 Å². The predicted octanol–water partition coefficient (Wildman–Crippen LogP) is 1.50. The van der Waals surface area contributed by atoms with Gasteiger partial charge in [-0.25, -0.2) is 13.2 Å². The molecule has 9 nitrogen and oxygen atoms in total. The summed E-state index contributed by atoms with van der Waals surface area (Å²) in [6, 6.07) is 8.27. The van der Waals surface area contributed by atoms with Crippen LogP contribution in [0.1, 0.15) is 29.1 Å². The van der Waals surface area contributed by atoms with E-state index in [1.165, 1.54) is 38.6 Å². The zero-order valence-corrected chi connectivity index (χ0v) is 15.9. The number of rotatable bonds is 8. The molecule has 1 aromatic heterocycles. The van der Waals surface area contributed by atoms with E-state index in [0.717, 1.165) is 6.07 Å². The summed E-state index contributed by atoms with van der Waals surface area (Å²) in [4.78, 5) is 28.6. The lowest BCUT2D eigenvalue weighted by molar-refractivity contribution is -0.125. The van der Waals surface area contributed by atoms with Crippen molar-refractivity contribution in [1.29, 1.82) is 0 Å². The van der Waals surface area contributed by atoms with Crippen molar-refractivity contribution in [1.82, 2.24) is 9.79 Å². The van der Waals surface area contributed by atoms with Gasteiger partial charge in [-0.1, -0.05) is 10.5 Å². The monoisotopic (exact) mass is 396 g/mol. The number of hydrogen-bond acceptors (Lipinski definition) is 7. The second-order valence-corrected chi connectivity index (χ2v) is 7.44. The van der Waals surface area contributed by atoms with Gasteiger partial charge in [0, 0.05) is 7.05 Å². The molecule has 0 aliphatic carbocycles. The Morgan fingerprint density at radius 3 is 2.63 bits per heavy atom. The second kappa shape index (κ2) is 8.80. The van der Waals surface area contributed by atoms with Gasteiger partial charge in [-0.3, -0.25) is 9.63 Å². The van der Waals surface area contributed by atoms with Gasteiger partial charge >= 0.3 is 5.97 Å². The van der Waals surface area contributed by atoms with Gasteiger partial charge in [0.15, 0.2) is 6.61 Å². The first-order valence-corrected chi connectivity index (χ1v) is 9.32. The summed E-state index contributed by atoms with van der Waals surface area (Å²) in [7, 11) is -1.47. The molecule has 0 fully saturated rings. The van der Waals surface area contributed by atoms with Gasteiger partial charge in [-0.15, -0.1) is 0 Å². The summed E-state index contributed by atoms with van der Waals surface area (Å²) >= 11 is 0. The van der Waals surface area contributed by atoms with Crippen molar-refractivity contribution in [2.24, 2.45) is 0 Å². The highest BCUT2D eigenvalue weighted by molar-refractivity contribution is 7.89. The number of sulfonamides is 1. The molecule has 2 rings (SSSR count).